The molecule has 0 bridgehead atoms. The minimum Gasteiger partial charge on any atom is -0.340 e. The quantitative estimate of drug-likeness (QED) is 0.789. The van der Waals surface area contributed by atoms with E-state index in [1.165, 1.54) is 0 Å². The summed E-state index contributed by atoms with van der Waals surface area (Å²) >= 11 is 0. The molecule has 82 valence electrons. The number of carbonyl (C=O) groups excluding carboxylic acids is 1. The summed E-state index contributed by atoms with van der Waals surface area (Å²) in [6.07, 6.45) is 1.48. The lowest BCUT2D eigenvalue weighted by atomic mass is 10.2. The largest absolute Gasteiger partial charge is 0.340 e. The summed E-state index contributed by atoms with van der Waals surface area (Å²) in [5.74, 6) is 1.10. The van der Waals surface area contributed by atoms with Gasteiger partial charge in [0.1, 0.15) is 5.82 Å². The second-order valence-corrected chi connectivity index (χ2v) is 4.20. The van der Waals surface area contributed by atoms with Crippen molar-refractivity contribution >= 4 is 16.9 Å². The third-order valence-electron chi connectivity index (χ3n) is 3.22. The fourth-order valence-electron chi connectivity index (χ4n) is 2.25. The molecule has 1 amide bonds. The van der Waals surface area contributed by atoms with Crippen molar-refractivity contribution in [1.82, 2.24) is 14.9 Å². The van der Waals surface area contributed by atoms with E-state index in [2.05, 4.69) is 9.97 Å². The molecule has 0 aliphatic carbocycles. The van der Waals surface area contributed by atoms with Crippen LogP contribution in [0, 0.1) is 0 Å². The lowest BCUT2D eigenvalue weighted by Crippen LogP contribution is -2.23. The van der Waals surface area contributed by atoms with E-state index in [4.69, 9.17) is 0 Å². The minimum absolute atomic E-state index is 0.111. The van der Waals surface area contributed by atoms with Crippen LogP contribution in [0.1, 0.15) is 24.7 Å². The molecule has 1 aromatic carbocycles. The molecule has 1 atom stereocenters. The number of carbonyl (C=O) groups is 1. The van der Waals surface area contributed by atoms with Crippen LogP contribution in [0.15, 0.2) is 24.3 Å². The van der Waals surface area contributed by atoms with Gasteiger partial charge < -0.3 is 9.88 Å². The van der Waals surface area contributed by atoms with Gasteiger partial charge in [-0.3, -0.25) is 4.79 Å². The number of benzene rings is 1. The molecule has 0 radical (unpaired) electrons. The van der Waals surface area contributed by atoms with Gasteiger partial charge in [0.25, 0.3) is 0 Å². The Hall–Kier alpha value is -1.84. The van der Waals surface area contributed by atoms with E-state index < -0.39 is 0 Å². The molecule has 1 saturated heterocycles. The Labute approximate surface area is 93.3 Å². The zero-order valence-corrected chi connectivity index (χ0v) is 9.10. The van der Waals surface area contributed by atoms with Gasteiger partial charge in [0.2, 0.25) is 5.91 Å². The number of H-pyrrole nitrogens is 1. The van der Waals surface area contributed by atoms with Crippen molar-refractivity contribution in [3.05, 3.63) is 30.1 Å². The first-order valence-corrected chi connectivity index (χ1v) is 5.46. The van der Waals surface area contributed by atoms with Gasteiger partial charge in [0.15, 0.2) is 0 Å². The Bertz CT molecular complexity index is 513. The van der Waals surface area contributed by atoms with Gasteiger partial charge in [-0.2, -0.15) is 0 Å². The van der Waals surface area contributed by atoms with Crippen molar-refractivity contribution in [1.29, 1.82) is 0 Å². The van der Waals surface area contributed by atoms with Crippen LogP contribution < -0.4 is 0 Å². The molecule has 2 heterocycles. The van der Waals surface area contributed by atoms with Crippen LogP contribution in [0.3, 0.4) is 0 Å². The number of likely N-dealkylation sites (tertiary alicyclic amines) is 1. The van der Waals surface area contributed by atoms with Gasteiger partial charge in [-0.15, -0.1) is 0 Å². The van der Waals surface area contributed by atoms with Gasteiger partial charge in [0, 0.05) is 13.5 Å². The van der Waals surface area contributed by atoms with Crippen molar-refractivity contribution in [2.75, 3.05) is 7.05 Å². The van der Waals surface area contributed by atoms with Crippen molar-refractivity contribution in [2.45, 2.75) is 18.9 Å². The third-order valence-corrected chi connectivity index (χ3v) is 3.22. The number of para-hydroxylation sites is 2. The maximum atomic E-state index is 11.5. The summed E-state index contributed by atoms with van der Waals surface area (Å²) in [6.45, 7) is 0. The normalized spacial score (nSPS) is 20.9. The first-order chi connectivity index (χ1) is 7.75. The molecule has 1 aromatic heterocycles. The highest BCUT2D eigenvalue weighted by molar-refractivity contribution is 5.79. The third kappa shape index (κ3) is 1.30. The molecule has 0 spiro atoms. The number of amides is 1. The molecule has 2 aromatic rings. The highest BCUT2D eigenvalue weighted by atomic mass is 16.2. The van der Waals surface area contributed by atoms with E-state index >= 15 is 0 Å². The summed E-state index contributed by atoms with van der Waals surface area (Å²) in [5.41, 5.74) is 2.00. The lowest BCUT2D eigenvalue weighted by Gasteiger charge is -2.16. The van der Waals surface area contributed by atoms with E-state index in [9.17, 15) is 4.79 Å². The molecule has 4 heteroatoms. The van der Waals surface area contributed by atoms with Gasteiger partial charge in [-0.1, -0.05) is 12.1 Å². The number of nitrogens with one attached hydrogen (secondary N) is 1. The summed E-state index contributed by atoms with van der Waals surface area (Å²) in [6, 6.07) is 8.04. The topological polar surface area (TPSA) is 49.0 Å². The summed E-state index contributed by atoms with van der Waals surface area (Å²) < 4.78 is 0. The number of hydrogen-bond acceptors (Lipinski definition) is 2. The lowest BCUT2D eigenvalue weighted by molar-refractivity contribution is -0.127. The first kappa shape index (κ1) is 9.39. The molecule has 16 heavy (non-hydrogen) atoms. The zero-order valence-electron chi connectivity index (χ0n) is 9.10. The number of imidazole rings is 1. The van der Waals surface area contributed by atoms with Crippen LogP contribution in [0.25, 0.3) is 11.0 Å². The van der Waals surface area contributed by atoms with Crippen LogP contribution in [-0.4, -0.2) is 27.8 Å². The maximum absolute atomic E-state index is 11.5. The molecule has 1 unspecified atom stereocenters. The van der Waals surface area contributed by atoms with Gasteiger partial charge in [-0.25, -0.2) is 4.98 Å². The number of hydrogen-bond donors (Lipinski definition) is 1. The van der Waals surface area contributed by atoms with Crippen LogP contribution in [0.2, 0.25) is 0 Å². The monoisotopic (exact) mass is 215 g/mol. The summed E-state index contributed by atoms with van der Waals surface area (Å²) in [4.78, 5) is 21.0. The highest BCUT2D eigenvalue weighted by Crippen LogP contribution is 2.30. The van der Waals surface area contributed by atoms with E-state index in [1.807, 2.05) is 31.3 Å². The molecular formula is C12H13N3O. The van der Waals surface area contributed by atoms with Crippen LogP contribution >= 0.6 is 0 Å². The Morgan fingerprint density at radius 3 is 2.94 bits per heavy atom. The van der Waals surface area contributed by atoms with Crippen LogP contribution in [0.4, 0.5) is 0 Å². The first-order valence-electron chi connectivity index (χ1n) is 5.46. The van der Waals surface area contributed by atoms with Crippen LogP contribution in [-0.2, 0) is 4.79 Å². The summed E-state index contributed by atoms with van der Waals surface area (Å²) in [5, 5.41) is 0. The van der Waals surface area contributed by atoms with Crippen molar-refractivity contribution < 1.29 is 4.79 Å². The van der Waals surface area contributed by atoms with E-state index in [0.29, 0.717) is 6.42 Å². The van der Waals surface area contributed by atoms with Gasteiger partial charge in [0.05, 0.1) is 17.1 Å². The predicted octanol–water partition coefficient (Wildman–Crippen LogP) is 1.86. The second-order valence-electron chi connectivity index (χ2n) is 4.20. The molecule has 1 N–H and O–H groups in total. The zero-order chi connectivity index (χ0) is 11.1. The maximum Gasteiger partial charge on any atom is 0.223 e. The van der Waals surface area contributed by atoms with Gasteiger partial charge in [-0.05, 0) is 18.6 Å². The molecule has 1 aliphatic heterocycles. The van der Waals surface area contributed by atoms with Crippen molar-refractivity contribution in [3.8, 4) is 0 Å². The molecular weight excluding hydrogens is 202 g/mol. The average molecular weight is 215 g/mol. The average Bonchev–Trinajstić information content (AvgIpc) is 2.84. The van der Waals surface area contributed by atoms with E-state index in [0.717, 1.165) is 23.3 Å². The Morgan fingerprint density at radius 1 is 1.44 bits per heavy atom. The number of nitrogens with zero attached hydrogens (tertiary/aromatic N) is 2. The number of rotatable bonds is 1. The van der Waals surface area contributed by atoms with E-state index in [1.54, 1.807) is 4.90 Å². The molecule has 1 aliphatic rings. The number of fused-ring (bicyclic) bond motifs is 1. The standard InChI is InChI=1S/C12H13N3O/c1-15-10(6-7-11(15)16)12-13-8-4-2-3-5-9(8)14-12/h2-5,10H,6-7H2,1H3,(H,13,14). The van der Waals surface area contributed by atoms with E-state index in [-0.39, 0.29) is 11.9 Å². The van der Waals surface area contributed by atoms with Crippen LogP contribution in [0.5, 0.6) is 0 Å². The molecule has 0 saturated carbocycles. The Kier molecular flexibility index (Phi) is 1.96. The molecule has 4 nitrogen and oxygen atoms in total. The number of aromatic amines is 1. The van der Waals surface area contributed by atoms with Crippen molar-refractivity contribution in [2.24, 2.45) is 0 Å². The van der Waals surface area contributed by atoms with Gasteiger partial charge >= 0.3 is 0 Å². The highest BCUT2D eigenvalue weighted by Gasteiger charge is 2.30. The predicted molar refractivity (Wildman–Crippen MR) is 60.8 cm³/mol. The Balaban J connectivity index is 2.03. The smallest absolute Gasteiger partial charge is 0.223 e. The SMILES string of the molecule is CN1C(=O)CCC1c1nc2ccccc2[nH]1. The fourth-order valence-corrected chi connectivity index (χ4v) is 2.25. The van der Waals surface area contributed by atoms with Crippen molar-refractivity contribution in [3.63, 3.8) is 0 Å². The fraction of sp³-hybridized carbons (Fsp3) is 0.333. The molecule has 1 fully saturated rings. The summed E-state index contributed by atoms with van der Waals surface area (Å²) in [7, 11) is 1.84. The molecule has 3 rings (SSSR count). The second kappa shape index (κ2) is 3.33. The Morgan fingerprint density at radius 2 is 2.25 bits per heavy atom. The minimum atomic E-state index is 0.111. The number of aromatic nitrogens is 2.